The molecule has 21 heavy (non-hydrogen) atoms. The Kier molecular flexibility index (Phi) is 5.18. The first kappa shape index (κ1) is 16.2. The lowest BCUT2D eigenvalue weighted by Crippen LogP contribution is -2.01. The van der Waals surface area contributed by atoms with Gasteiger partial charge in [0.15, 0.2) is 17.4 Å². The third-order valence-electron chi connectivity index (χ3n) is 2.71. The molecule has 0 amide bonds. The van der Waals surface area contributed by atoms with Crippen LogP contribution in [0, 0.1) is 11.6 Å². The highest BCUT2D eigenvalue weighted by molar-refractivity contribution is 9.11. The number of rotatable bonds is 4. The van der Waals surface area contributed by atoms with E-state index in [1.807, 2.05) is 0 Å². The summed E-state index contributed by atoms with van der Waals surface area (Å²) in [4.78, 5) is 0. The molecule has 0 heterocycles. The number of nitrogens with two attached hydrogens (primary N) is 1. The zero-order chi connectivity index (χ0) is 15.6. The number of ether oxygens (including phenoxy) is 2. The minimum absolute atomic E-state index is 0.0475. The first-order valence-electron chi connectivity index (χ1n) is 5.85. The van der Waals surface area contributed by atoms with E-state index in [1.54, 1.807) is 12.1 Å². The molecule has 3 nitrogen and oxygen atoms in total. The van der Waals surface area contributed by atoms with Crippen molar-refractivity contribution in [3.63, 3.8) is 0 Å². The van der Waals surface area contributed by atoms with Gasteiger partial charge in [-0.15, -0.1) is 0 Å². The quantitative estimate of drug-likeness (QED) is 0.773. The summed E-state index contributed by atoms with van der Waals surface area (Å²) in [6.45, 7) is 0.0475. The minimum Gasteiger partial charge on any atom is -0.496 e. The van der Waals surface area contributed by atoms with E-state index in [-0.39, 0.29) is 12.3 Å². The van der Waals surface area contributed by atoms with Gasteiger partial charge < -0.3 is 15.2 Å². The van der Waals surface area contributed by atoms with Crippen molar-refractivity contribution in [1.82, 2.24) is 0 Å². The molecule has 0 aliphatic heterocycles. The third kappa shape index (κ3) is 3.53. The van der Waals surface area contributed by atoms with Crippen LogP contribution in [0.4, 0.5) is 8.78 Å². The Balaban J connectivity index is 2.41. The average Bonchev–Trinajstić information content (AvgIpc) is 2.45. The molecule has 0 spiro atoms. The molecule has 0 aromatic heterocycles. The number of methoxy groups -OCH3 is 1. The second kappa shape index (κ2) is 6.72. The second-order valence-corrected chi connectivity index (χ2v) is 5.82. The van der Waals surface area contributed by atoms with Gasteiger partial charge in [-0.2, -0.15) is 0 Å². The monoisotopic (exact) mass is 421 g/mol. The molecule has 0 atom stereocenters. The minimum atomic E-state index is -0.811. The van der Waals surface area contributed by atoms with E-state index in [0.29, 0.717) is 20.3 Å². The van der Waals surface area contributed by atoms with Gasteiger partial charge in [-0.25, -0.2) is 8.78 Å². The summed E-state index contributed by atoms with van der Waals surface area (Å²) in [5.41, 5.74) is 5.72. The highest BCUT2D eigenvalue weighted by atomic mass is 79.9. The van der Waals surface area contributed by atoms with Crippen molar-refractivity contribution < 1.29 is 18.3 Å². The maximum absolute atomic E-state index is 13.9. The lowest BCUT2D eigenvalue weighted by Gasteiger charge is -2.12. The van der Waals surface area contributed by atoms with Gasteiger partial charge in [-0.3, -0.25) is 0 Å². The fraction of sp³-hybridized carbons (Fsp3) is 0.143. The van der Waals surface area contributed by atoms with E-state index in [4.69, 9.17) is 15.2 Å². The molecule has 0 saturated heterocycles. The molecule has 0 saturated carbocycles. The van der Waals surface area contributed by atoms with E-state index in [0.717, 1.165) is 12.1 Å². The summed E-state index contributed by atoms with van der Waals surface area (Å²) in [5, 5.41) is 0. The van der Waals surface area contributed by atoms with E-state index in [1.165, 1.54) is 7.11 Å². The van der Waals surface area contributed by atoms with Crippen LogP contribution in [-0.4, -0.2) is 7.11 Å². The van der Waals surface area contributed by atoms with Crippen LogP contribution in [0.3, 0.4) is 0 Å². The maximum atomic E-state index is 13.9. The van der Waals surface area contributed by atoms with Crippen molar-refractivity contribution in [1.29, 1.82) is 0 Å². The van der Waals surface area contributed by atoms with Gasteiger partial charge in [0.25, 0.3) is 0 Å². The Hall–Kier alpha value is -1.18. The van der Waals surface area contributed by atoms with E-state index in [2.05, 4.69) is 31.9 Å². The molecular weight excluding hydrogens is 412 g/mol. The van der Waals surface area contributed by atoms with E-state index in [9.17, 15) is 8.78 Å². The lowest BCUT2D eigenvalue weighted by molar-refractivity contribution is 0.396. The summed E-state index contributed by atoms with van der Waals surface area (Å²) < 4.78 is 39.3. The van der Waals surface area contributed by atoms with Crippen molar-refractivity contribution in [3.8, 4) is 17.2 Å². The van der Waals surface area contributed by atoms with Crippen molar-refractivity contribution >= 4 is 31.9 Å². The van der Waals surface area contributed by atoms with Crippen molar-refractivity contribution in [3.05, 3.63) is 50.4 Å². The van der Waals surface area contributed by atoms with E-state index < -0.39 is 17.4 Å². The Morgan fingerprint density at radius 1 is 1.00 bits per heavy atom. The van der Waals surface area contributed by atoms with Crippen molar-refractivity contribution in [2.75, 3.05) is 7.11 Å². The molecule has 0 bridgehead atoms. The third-order valence-corrected chi connectivity index (χ3v) is 3.95. The van der Waals surface area contributed by atoms with Crippen molar-refractivity contribution in [2.45, 2.75) is 6.54 Å². The molecule has 0 aliphatic rings. The average molecular weight is 423 g/mol. The van der Waals surface area contributed by atoms with Gasteiger partial charge in [0.2, 0.25) is 0 Å². The van der Waals surface area contributed by atoms with Gasteiger partial charge >= 0.3 is 0 Å². The van der Waals surface area contributed by atoms with Crippen LogP contribution >= 0.6 is 31.9 Å². The highest BCUT2D eigenvalue weighted by Crippen LogP contribution is 2.39. The number of benzene rings is 2. The zero-order valence-electron chi connectivity index (χ0n) is 10.9. The highest BCUT2D eigenvalue weighted by Gasteiger charge is 2.16. The first-order valence-corrected chi connectivity index (χ1v) is 7.43. The van der Waals surface area contributed by atoms with Gasteiger partial charge in [0, 0.05) is 6.54 Å². The van der Waals surface area contributed by atoms with Crippen LogP contribution in [0.2, 0.25) is 0 Å². The number of halogens is 4. The topological polar surface area (TPSA) is 44.5 Å². The molecule has 2 aromatic carbocycles. The predicted octanol–water partition coefficient (Wildman–Crippen LogP) is 4.75. The summed E-state index contributed by atoms with van der Waals surface area (Å²) in [7, 11) is 1.51. The van der Waals surface area contributed by atoms with Gasteiger partial charge in [0.1, 0.15) is 11.5 Å². The van der Waals surface area contributed by atoms with Crippen LogP contribution in [0.5, 0.6) is 17.2 Å². The molecule has 2 rings (SSSR count). The predicted molar refractivity (Wildman–Crippen MR) is 82.7 cm³/mol. The Morgan fingerprint density at radius 3 is 2.05 bits per heavy atom. The Bertz CT molecular complexity index is 657. The second-order valence-electron chi connectivity index (χ2n) is 4.11. The molecule has 0 fully saturated rings. The number of hydrogen-bond acceptors (Lipinski definition) is 3. The van der Waals surface area contributed by atoms with Crippen LogP contribution in [0.1, 0.15) is 5.56 Å². The van der Waals surface area contributed by atoms with Gasteiger partial charge in [-0.05, 0) is 61.7 Å². The summed E-state index contributed by atoms with van der Waals surface area (Å²) in [6.07, 6.45) is 0. The van der Waals surface area contributed by atoms with E-state index >= 15 is 0 Å². The van der Waals surface area contributed by atoms with Gasteiger partial charge in [-0.1, -0.05) is 0 Å². The lowest BCUT2D eigenvalue weighted by atomic mass is 10.2. The summed E-state index contributed by atoms with van der Waals surface area (Å²) in [5.74, 6) is -1.29. The zero-order valence-corrected chi connectivity index (χ0v) is 14.1. The fourth-order valence-electron chi connectivity index (χ4n) is 1.68. The van der Waals surface area contributed by atoms with Crippen LogP contribution in [0.25, 0.3) is 0 Å². The molecule has 0 radical (unpaired) electrons. The Labute approximate surface area is 137 Å². The molecule has 0 unspecified atom stereocenters. The van der Waals surface area contributed by atoms with Crippen LogP contribution < -0.4 is 15.2 Å². The maximum Gasteiger partial charge on any atom is 0.198 e. The normalized spacial score (nSPS) is 10.6. The van der Waals surface area contributed by atoms with Gasteiger partial charge in [0.05, 0.1) is 16.1 Å². The first-order chi connectivity index (χ1) is 9.96. The SMILES string of the molecule is COc1cc(Br)c(Oc2c(F)cc(CN)cc2F)cc1Br. The van der Waals surface area contributed by atoms with Crippen LogP contribution in [0.15, 0.2) is 33.2 Å². The fourth-order valence-corrected chi connectivity index (χ4v) is 2.57. The molecule has 2 N–H and O–H groups in total. The van der Waals surface area contributed by atoms with Crippen molar-refractivity contribution in [2.24, 2.45) is 5.73 Å². The summed E-state index contributed by atoms with van der Waals surface area (Å²) in [6, 6.07) is 5.47. The Morgan fingerprint density at radius 2 is 1.52 bits per heavy atom. The molecule has 7 heteroatoms. The smallest absolute Gasteiger partial charge is 0.198 e. The summed E-state index contributed by atoms with van der Waals surface area (Å²) >= 11 is 6.55. The van der Waals surface area contributed by atoms with Crippen LogP contribution in [-0.2, 0) is 6.54 Å². The molecule has 0 aliphatic carbocycles. The number of hydrogen-bond donors (Lipinski definition) is 1. The molecule has 112 valence electrons. The molecule has 2 aromatic rings. The largest absolute Gasteiger partial charge is 0.496 e. The molecular formula is C14H11Br2F2NO2. The standard InChI is InChI=1S/C14H11Br2F2NO2/c1-20-12-4-9(16)13(5-8(12)15)21-14-10(17)2-7(6-19)3-11(14)18/h2-5H,6,19H2,1H3.